The molecule has 0 bridgehead atoms. The lowest BCUT2D eigenvalue weighted by atomic mass is 10.3. The van der Waals surface area contributed by atoms with Crippen molar-refractivity contribution < 1.29 is 14.2 Å². The molecule has 0 aliphatic heterocycles. The fraction of sp³-hybridized carbons (Fsp3) is 0.667. The number of thiol groups is 3. The first-order valence-corrected chi connectivity index (χ1v) is 13.6. The SMILES string of the molecule is CNC(=S)OC(CS)Cn1c(=O)n(CC(CS)OC(=S)NC)c(=O)n(CC(CS)OC(=S)NC)c1=O. The summed E-state index contributed by atoms with van der Waals surface area (Å²) in [4.78, 5) is 40.0. The summed E-state index contributed by atoms with van der Waals surface area (Å²) < 4.78 is 19.2. The Morgan fingerprint density at radius 2 is 0.861 bits per heavy atom. The fourth-order valence-electron chi connectivity index (χ4n) is 2.79. The predicted octanol–water partition coefficient (Wildman–Crippen LogP) is -1.37. The molecule has 0 radical (unpaired) electrons. The van der Waals surface area contributed by atoms with Gasteiger partial charge in [-0.3, -0.25) is 0 Å². The maximum absolute atomic E-state index is 13.3. The Morgan fingerprint density at radius 3 is 1.03 bits per heavy atom. The Morgan fingerprint density at radius 1 is 0.639 bits per heavy atom. The number of rotatable bonds is 12. The van der Waals surface area contributed by atoms with Crippen molar-refractivity contribution >= 4 is 90.1 Å². The first-order chi connectivity index (χ1) is 17.1. The molecule has 3 N–H and O–H groups in total. The highest BCUT2D eigenvalue weighted by Gasteiger charge is 2.24. The quantitative estimate of drug-likeness (QED) is 0.122. The Labute approximate surface area is 240 Å². The minimum Gasteiger partial charge on any atom is -0.465 e. The molecule has 0 aliphatic carbocycles. The molecule has 0 amide bonds. The zero-order chi connectivity index (χ0) is 27.4. The van der Waals surface area contributed by atoms with E-state index in [1.807, 2.05) is 0 Å². The van der Waals surface area contributed by atoms with Crippen LogP contribution in [0.1, 0.15) is 0 Å². The van der Waals surface area contributed by atoms with Crippen LogP contribution < -0.4 is 33.0 Å². The largest absolute Gasteiger partial charge is 0.465 e. The number of aromatic nitrogens is 3. The average molecular weight is 619 g/mol. The van der Waals surface area contributed by atoms with Gasteiger partial charge in [-0.15, -0.1) is 0 Å². The smallest absolute Gasteiger partial charge is 0.336 e. The summed E-state index contributed by atoms with van der Waals surface area (Å²) in [5.74, 6) is 0.388. The number of thiocarbonyl (C=S) groups is 3. The lowest BCUT2D eigenvalue weighted by molar-refractivity contribution is 0.161. The molecule has 3 unspecified atom stereocenters. The fourth-order valence-corrected chi connectivity index (χ4v) is 3.77. The van der Waals surface area contributed by atoms with Crippen LogP contribution in [-0.4, -0.2) is 85.9 Å². The van der Waals surface area contributed by atoms with Gasteiger partial charge in [0.15, 0.2) is 0 Å². The highest BCUT2D eigenvalue weighted by Crippen LogP contribution is 2.02. The Balaban J connectivity index is 3.64. The minimum atomic E-state index is -0.869. The third-order valence-electron chi connectivity index (χ3n) is 4.59. The summed E-state index contributed by atoms with van der Waals surface area (Å²) in [6.45, 7) is -0.691. The molecule has 1 rings (SSSR count). The van der Waals surface area contributed by atoms with Gasteiger partial charge in [0.1, 0.15) is 18.3 Å². The standard InChI is InChI=1S/C18H30N6O6S6/c1-19-13(34)28-10(7-31)4-22-16(25)23(5-11(8-32)29-14(35)20-2)18(27)24(17(22)26)6-12(9-33)30-15(36)21-3/h10-12,31-33H,4-9H2,1-3H3,(H,19,34)(H,20,35)(H,21,36). The van der Waals surface area contributed by atoms with Crippen LogP contribution in [0.2, 0.25) is 0 Å². The molecule has 0 saturated heterocycles. The maximum atomic E-state index is 13.3. The molecule has 36 heavy (non-hydrogen) atoms. The van der Waals surface area contributed by atoms with E-state index in [1.165, 1.54) is 0 Å². The zero-order valence-electron chi connectivity index (χ0n) is 19.8. The van der Waals surface area contributed by atoms with Gasteiger partial charge in [0.05, 0.1) is 19.6 Å². The topological polar surface area (TPSA) is 130 Å². The van der Waals surface area contributed by atoms with Gasteiger partial charge in [-0.05, 0) is 36.7 Å². The Hall–Kier alpha value is -1.47. The number of nitrogens with one attached hydrogen (secondary N) is 3. The van der Waals surface area contributed by atoms with Crippen molar-refractivity contribution in [3.63, 3.8) is 0 Å². The summed E-state index contributed by atoms with van der Waals surface area (Å²) >= 11 is 27.8. The van der Waals surface area contributed by atoms with Gasteiger partial charge in [0, 0.05) is 38.4 Å². The molecule has 0 spiro atoms. The average Bonchev–Trinajstić information content (AvgIpc) is 2.88. The molecule has 0 fully saturated rings. The number of hydrogen-bond acceptors (Lipinski definition) is 12. The molecular formula is C18H30N6O6S6. The zero-order valence-corrected chi connectivity index (χ0v) is 25.0. The second kappa shape index (κ2) is 16.4. The summed E-state index contributed by atoms with van der Waals surface area (Å²) in [7, 11) is 4.70. The molecule has 204 valence electrons. The van der Waals surface area contributed by atoms with Crippen molar-refractivity contribution in [2.45, 2.75) is 37.9 Å². The normalized spacial score (nSPS) is 13.2. The van der Waals surface area contributed by atoms with E-state index < -0.39 is 35.4 Å². The second-order valence-corrected chi connectivity index (χ2v) is 9.27. The highest BCUT2D eigenvalue weighted by atomic mass is 32.1. The molecule has 3 atom stereocenters. The van der Waals surface area contributed by atoms with E-state index in [0.29, 0.717) is 0 Å². The van der Waals surface area contributed by atoms with Crippen molar-refractivity contribution in [1.29, 1.82) is 0 Å². The number of hydrogen-bond donors (Lipinski definition) is 6. The molecule has 0 aromatic carbocycles. The van der Waals surface area contributed by atoms with Crippen LogP contribution in [0.25, 0.3) is 0 Å². The first kappa shape index (κ1) is 32.6. The van der Waals surface area contributed by atoms with Crippen molar-refractivity contribution in [2.24, 2.45) is 0 Å². The Bertz CT molecular complexity index is 928. The molecule has 0 aliphatic rings. The predicted molar refractivity (Wildman–Crippen MR) is 160 cm³/mol. The number of nitrogens with zero attached hydrogens (tertiary/aromatic N) is 3. The van der Waals surface area contributed by atoms with E-state index in [2.05, 4.69) is 53.8 Å². The molecule has 1 aromatic rings. The van der Waals surface area contributed by atoms with Gasteiger partial charge in [0.25, 0.3) is 15.5 Å². The lowest BCUT2D eigenvalue weighted by Crippen LogP contribution is -2.58. The van der Waals surface area contributed by atoms with Gasteiger partial charge in [-0.1, -0.05) is 0 Å². The summed E-state index contributed by atoms with van der Waals surface area (Å²) in [5, 5.41) is 8.14. The van der Waals surface area contributed by atoms with Crippen LogP contribution in [0.15, 0.2) is 14.4 Å². The van der Waals surface area contributed by atoms with E-state index in [9.17, 15) is 14.4 Å². The van der Waals surface area contributed by atoms with Crippen LogP contribution in [0.3, 0.4) is 0 Å². The van der Waals surface area contributed by atoms with Crippen molar-refractivity contribution in [1.82, 2.24) is 29.7 Å². The monoisotopic (exact) mass is 618 g/mol. The third-order valence-corrected chi connectivity index (χ3v) is 6.71. The van der Waals surface area contributed by atoms with E-state index in [-0.39, 0.29) is 52.4 Å². The molecule has 1 heterocycles. The summed E-state index contributed by atoms with van der Waals surface area (Å²) in [6, 6.07) is 0. The van der Waals surface area contributed by atoms with Crippen LogP contribution in [0, 0.1) is 0 Å². The van der Waals surface area contributed by atoms with Gasteiger partial charge < -0.3 is 30.2 Å². The summed E-state index contributed by atoms with van der Waals surface area (Å²) in [5.41, 5.74) is -2.61. The van der Waals surface area contributed by atoms with Crippen molar-refractivity contribution in [3.8, 4) is 0 Å². The van der Waals surface area contributed by atoms with Gasteiger partial charge in [-0.2, -0.15) is 37.9 Å². The Kier molecular flexibility index (Phi) is 14.8. The van der Waals surface area contributed by atoms with E-state index in [4.69, 9.17) is 50.9 Å². The summed E-state index contributed by atoms with van der Waals surface area (Å²) in [6.07, 6.45) is -2.25. The molecular weight excluding hydrogens is 589 g/mol. The highest BCUT2D eigenvalue weighted by molar-refractivity contribution is 7.81. The molecule has 0 saturated carbocycles. The van der Waals surface area contributed by atoms with Crippen molar-refractivity contribution in [3.05, 3.63) is 31.5 Å². The van der Waals surface area contributed by atoms with Crippen LogP contribution in [0.5, 0.6) is 0 Å². The van der Waals surface area contributed by atoms with E-state index in [1.54, 1.807) is 21.1 Å². The number of ether oxygens (including phenoxy) is 3. The minimum absolute atomic E-state index is 0.0592. The van der Waals surface area contributed by atoms with E-state index in [0.717, 1.165) is 13.7 Å². The molecule has 1 aromatic heterocycles. The third kappa shape index (κ3) is 9.44. The molecule has 12 nitrogen and oxygen atoms in total. The van der Waals surface area contributed by atoms with Gasteiger partial charge in [-0.25, -0.2) is 28.1 Å². The van der Waals surface area contributed by atoms with Crippen molar-refractivity contribution in [2.75, 3.05) is 38.4 Å². The molecule has 18 heteroatoms. The van der Waals surface area contributed by atoms with E-state index >= 15 is 0 Å². The van der Waals surface area contributed by atoms with Crippen LogP contribution in [0.4, 0.5) is 0 Å². The van der Waals surface area contributed by atoms with Gasteiger partial charge in [0.2, 0.25) is 0 Å². The lowest BCUT2D eigenvalue weighted by Gasteiger charge is -2.23. The van der Waals surface area contributed by atoms with Crippen LogP contribution in [-0.2, 0) is 33.8 Å². The van der Waals surface area contributed by atoms with Crippen LogP contribution >= 0.6 is 74.5 Å². The maximum Gasteiger partial charge on any atom is 0.336 e. The van der Waals surface area contributed by atoms with Gasteiger partial charge >= 0.3 is 17.1 Å². The first-order valence-electron chi connectivity index (χ1n) is 10.5. The second-order valence-electron chi connectivity index (χ2n) is 7.06.